The summed E-state index contributed by atoms with van der Waals surface area (Å²) in [4.78, 5) is 30.1. The maximum Gasteiger partial charge on any atom is 0.363 e. The fourth-order valence-electron chi connectivity index (χ4n) is 1.93. The second-order valence-electron chi connectivity index (χ2n) is 4.54. The molecule has 0 radical (unpaired) electrons. The molecular weight excluding hydrogens is 322 g/mol. The number of rotatable bonds is 3. The third kappa shape index (κ3) is 3.09. The van der Waals surface area contributed by atoms with E-state index in [0.717, 1.165) is 5.56 Å². The lowest BCUT2D eigenvalue weighted by molar-refractivity contribution is -0.384. The standard InChI is InChI=1S/C15H8ClN3O4/c16-12-2-1-10(19(21)22)8-11(12)14-18-13(15(20)23-14)7-9-3-5-17-6-4-9/h1-8H/b13-7-. The summed E-state index contributed by atoms with van der Waals surface area (Å²) >= 11 is 6.01. The van der Waals surface area contributed by atoms with Gasteiger partial charge in [-0.2, -0.15) is 0 Å². The van der Waals surface area contributed by atoms with E-state index in [1.165, 1.54) is 24.3 Å². The predicted octanol–water partition coefficient (Wildman–Crippen LogP) is 2.99. The topological polar surface area (TPSA) is 94.7 Å². The van der Waals surface area contributed by atoms with E-state index in [9.17, 15) is 14.9 Å². The summed E-state index contributed by atoms with van der Waals surface area (Å²) in [5, 5.41) is 11.0. The number of nitro groups is 1. The highest BCUT2D eigenvalue weighted by Gasteiger charge is 2.27. The Morgan fingerprint density at radius 3 is 2.65 bits per heavy atom. The quantitative estimate of drug-likeness (QED) is 0.373. The van der Waals surface area contributed by atoms with E-state index < -0.39 is 10.9 Å². The van der Waals surface area contributed by atoms with Gasteiger partial charge in [0.05, 0.1) is 15.5 Å². The third-order valence-corrected chi connectivity index (χ3v) is 3.35. The van der Waals surface area contributed by atoms with E-state index in [-0.39, 0.29) is 27.9 Å². The number of benzene rings is 1. The molecule has 3 rings (SSSR count). The Hall–Kier alpha value is -3.06. The molecule has 2 aromatic rings. The molecular formula is C15H8ClN3O4. The van der Waals surface area contributed by atoms with E-state index >= 15 is 0 Å². The van der Waals surface area contributed by atoms with Gasteiger partial charge in [-0.15, -0.1) is 0 Å². The molecule has 8 heteroatoms. The maximum atomic E-state index is 11.9. The van der Waals surface area contributed by atoms with Crippen molar-refractivity contribution in [2.24, 2.45) is 4.99 Å². The smallest absolute Gasteiger partial charge is 0.363 e. The van der Waals surface area contributed by atoms with Gasteiger partial charge < -0.3 is 4.74 Å². The van der Waals surface area contributed by atoms with Gasteiger partial charge in [0.1, 0.15) is 0 Å². The molecule has 7 nitrogen and oxygen atoms in total. The van der Waals surface area contributed by atoms with Gasteiger partial charge in [-0.05, 0) is 29.8 Å². The molecule has 1 aromatic heterocycles. The van der Waals surface area contributed by atoms with Crippen LogP contribution in [0.1, 0.15) is 11.1 Å². The number of ether oxygens (including phenoxy) is 1. The summed E-state index contributed by atoms with van der Waals surface area (Å²) in [7, 11) is 0. The van der Waals surface area contributed by atoms with Gasteiger partial charge in [-0.25, -0.2) is 9.79 Å². The molecule has 0 fully saturated rings. The number of pyridine rings is 1. The van der Waals surface area contributed by atoms with Crippen LogP contribution in [-0.2, 0) is 9.53 Å². The van der Waals surface area contributed by atoms with Gasteiger partial charge >= 0.3 is 5.97 Å². The van der Waals surface area contributed by atoms with E-state index in [1.807, 2.05) is 0 Å². The highest BCUT2D eigenvalue weighted by atomic mass is 35.5. The maximum absolute atomic E-state index is 11.9. The van der Waals surface area contributed by atoms with Gasteiger partial charge in [0.2, 0.25) is 5.90 Å². The van der Waals surface area contributed by atoms with Crippen LogP contribution in [0.2, 0.25) is 5.02 Å². The van der Waals surface area contributed by atoms with Crippen LogP contribution in [0.25, 0.3) is 6.08 Å². The van der Waals surface area contributed by atoms with Crippen LogP contribution in [0, 0.1) is 10.1 Å². The van der Waals surface area contributed by atoms with Crippen molar-refractivity contribution < 1.29 is 14.5 Å². The molecule has 0 bridgehead atoms. The Balaban J connectivity index is 2.00. The molecule has 114 valence electrons. The van der Waals surface area contributed by atoms with Crippen molar-refractivity contribution in [1.82, 2.24) is 4.98 Å². The molecule has 0 atom stereocenters. The highest BCUT2D eigenvalue weighted by Crippen LogP contribution is 2.27. The minimum absolute atomic E-state index is 0.0657. The minimum Gasteiger partial charge on any atom is -0.402 e. The SMILES string of the molecule is O=C1OC(c2cc([N+](=O)[O-])ccc2Cl)=N/C1=C\c1ccncc1. The Bertz CT molecular complexity index is 862. The van der Waals surface area contributed by atoms with Crippen LogP contribution >= 0.6 is 11.6 Å². The first-order valence-electron chi connectivity index (χ1n) is 6.41. The van der Waals surface area contributed by atoms with Crippen LogP contribution in [0.4, 0.5) is 5.69 Å². The van der Waals surface area contributed by atoms with Gasteiger partial charge in [0.15, 0.2) is 5.70 Å². The molecule has 2 heterocycles. The molecule has 0 saturated carbocycles. The van der Waals surface area contributed by atoms with Crippen LogP contribution in [-0.4, -0.2) is 21.8 Å². The Kier molecular flexibility index (Phi) is 3.86. The summed E-state index contributed by atoms with van der Waals surface area (Å²) < 4.78 is 5.07. The number of nitrogens with zero attached hydrogens (tertiary/aromatic N) is 3. The average Bonchev–Trinajstić information content (AvgIpc) is 2.89. The molecule has 1 aromatic carbocycles. The van der Waals surface area contributed by atoms with Gasteiger partial charge in [-0.1, -0.05) is 11.6 Å². The van der Waals surface area contributed by atoms with E-state index in [0.29, 0.717) is 0 Å². The average molecular weight is 330 g/mol. The first kappa shape index (κ1) is 14.9. The van der Waals surface area contributed by atoms with Crippen molar-refractivity contribution in [2.75, 3.05) is 0 Å². The minimum atomic E-state index is -0.653. The van der Waals surface area contributed by atoms with Crippen molar-refractivity contribution in [3.8, 4) is 0 Å². The van der Waals surface area contributed by atoms with E-state index in [4.69, 9.17) is 16.3 Å². The fourth-order valence-corrected chi connectivity index (χ4v) is 2.13. The first-order chi connectivity index (χ1) is 11.0. The molecule has 0 unspecified atom stereocenters. The number of carbonyl (C=O) groups excluding carboxylic acids is 1. The first-order valence-corrected chi connectivity index (χ1v) is 6.79. The molecule has 0 saturated heterocycles. The van der Waals surface area contributed by atoms with Crippen LogP contribution < -0.4 is 0 Å². The van der Waals surface area contributed by atoms with Crippen molar-refractivity contribution in [3.63, 3.8) is 0 Å². The number of halogens is 1. The lowest BCUT2D eigenvalue weighted by atomic mass is 10.2. The number of aliphatic imine (C=N–C) groups is 1. The molecule has 0 N–H and O–H groups in total. The highest BCUT2D eigenvalue weighted by molar-refractivity contribution is 6.34. The second kappa shape index (κ2) is 5.98. The van der Waals surface area contributed by atoms with Crippen LogP contribution in [0.5, 0.6) is 0 Å². The summed E-state index contributed by atoms with van der Waals surface area (Å²) in [6, 6.07) is 7.24. The lowest BCUT2D eigenvalue weighted by Gasteiger charge is -2.02. The molecule has 0 amide bonds. The number of esters is 1. The molecule has 23 heavy (non-hydrogen) atoms. The van der Waals surface area contributed by atoms with Gasteiger partial charge in [-0.3, -0.25) is 15.1 Å². The Morgan fingerprint density at radius 2 is 1.96 bits per heavy atom. The zero-order valence-electron chi connectivity index (χ0n) is 11.5. The van der Waals surface area contributed by atoms with Crippen molar-refractivity contribution in [2.45, 2.75) is 0 Å². The summed E-state index contributed by atoms with van der Waals surface area (Å²) in [6.07, 6.45) is 4.69. The van der Waals surface area contributed by atoms with E-state index in [1.54, 1.807) is 24.5 Å². The third-order valence-electron chi connectivity index (χ3n) is 3.02. The number of carbonyl (C=O) groups is 1. The molecule has 0 spiro atoms. The van der Waals surface area contributed by atoms with E-state index in [2.05, 4.69) is 9.98 Å². The second-order valence-corrected chi connectivity index (χ2v) is 4.95. The number of non-ortho nitro benzene ring substituents is 1. The Morgan fingerprint density at radius 1 is 1.22 bits per heavy atom. The molecule has 0 aliphatic carbocycles. The van der Waals surface area contributed by atoms with Crippen molar-refractivity contribution in [1.29, 1.82) is 0 Å². The summed E-state index contributed by atoms with van der Waals surface area (Å²) in [6.45, 7) is 0. The largest absolute Gasteiger partial charge is 0.402 e. The van der Waals surface area contributed by atoms with Crippen molar-refractivity contribution in [3.05, 3.63) is 74.7 Å². The van der Waals surface area contributed by atoms with Crippen LogP contribution in [0.3, 0.4) is 0 Å². The number of aromatic nitrogens is 1. The monoisotopic (exact) mass is 329 g/mol. The summed E-state index contributed by atoms with van der Waals surface area (Å²) in [5.41, 5.74) is 0.818. The van der Waals surface area contributed by atoms with Crippen molar-refractivity contribution >= 4 is 35.2 Å². The molecule has 1 aliphatic heterocycles. The normalized spacial score (nSPS) is 15.4. The number of cyclic esters (lactones) is 1. The fraction of sp³-hybridized carbons (Fsp3) is 0. The van der Waals surface area contributed by atoms with Crippen LogP contribution in [0.15, 0.2) is 53.4 Å². The number of hydrogen-bond acceptors (Lipinski definition) is 6. The van der Waals surface area contributed by atoms with Gasteiger partial charge in [0, 0.05) is 24.5 Å². The lowest BCUT2D eigenvalue weighted by Crippen LogP contribution is -2.06. The predicted molar refractivity (Wildman–Crippen MR) is 82.9 cm³/mol. The zero-order chi connectivity index (χ0) is 16.4. The van der Waals surface area contributed by atoms with Gasteiger partial charge in [0.25, 0.3) is 5.69 Å². The summed E-state index contributed by atoms with van der Waals surface area (Å²) in [5.74, 6) is -0.719. The molecule has 1 aliphatic rings. The number of nitro benzene ring substituents is 1. The Labute approximate surface area is 135 Å². The zero-order valence-corrected chi connectivity index (χ0v) is 12.2. The number of hydrogen-bond donors (Lipinski definition) is 0.